The van der Waals surface area contributed by atoms with Gasteiger partial charge in [0, 0.05) is 22.9 Å². The first-order valence-electron chi connectivity index (χ1n) is 7.07. The number of benzene rings is 1. The smallest absolute Gasteiger partial charge is 0.210 e. The zero-order chi connectivity index (χ0) is 15.4. The molecule has 7 heteroatoms. The van der Waals surface area contributed by atoms with Crippen LogP contribution in [0.2, 0.25) is 0 Å². The first-order valence-corrected chi connectivity index (χ1v) is 8.77. The molecular weight excluding hydrogens is 316 g/mol. The molecule has 1 aliphatic rings. The third kappa shape index (κ3) is 3.70. The molecule has 1 aromatic carbocycles. The molecule has 0 unspecified atom stereocenters. The summed E-state index contributed by atoms with van der Waals surface area (Å²) in [5.74, 6) is 1.01. The molecule has 1 aliphatic carbocycles. The predicted octanol–water partition coefficient (Wildman–Crippen LogP) is 4.07. The number of hydrogen-bond acceptors (Lipinski definition) is 7. The Morgan fingerprint density at radius 2 is 2.32 bits per heavy atom. The average molecular weight is 332 g/mol. The molecule has 114 valence electrons. The van der Waals surface area contributed by atoms with Gasteiger partial charge in [-0.1, -0.05) is 29.2 Å². The maximum atomic E-state index is 8.96. The van der Waals surface area contributed by atoms with Gasteiger partial charge in [0.2, 0.25) is 5.13 Å². The van der Waals surface area contributed by atoms with E-state index in [-0.39, 0.29) is 5.92 Å². The van der Waals surface area contributed by atoms with Gasteiger partial charge in [-0.15, -0.1) is 10.2 Å². The van der Waals surface area contributed by atoms with Gasteiger partial charge in [-0.2, -0.15) is 5.26 Å². The number of aromatic nitrogens is 2. The van der Waals surface area contributed by atoms with Crippen LogP contribution in [0.3, 0.4) is 0 Å². The van der Waals surface area contributed by atoms with Crippen molar-refractivity contribution in [2.75, 3.05) is 12.4 Å². The van der Waals surface area contributed by atoms with Gasteiger partial charge in [0.15, 0.2) is 4.34 Å². The van der Waals surface area contributed by atoms with E-state index in [9.17, 15) is 0 Å². The molecule has 3 rings (SSSR count). The lowest BCUT2D eigenvalue weighted by Crippen LogP contribution is -1.95. The number of rotatable bonds is 5. The fourth-order valence-electron chi connectivity index (χ4n) is 2.44. The lowest BCUT2D eigenvalue weighted by Gasteiger charge is -2.05. The highest BCUT2D eigenvalue weighted by Crippen LogP contribution is 2.39. The Morgan fingerprint density at radius 3 is 3.09 bits per heavy atom. The van der Waals surface area contributed by atoms with E-state index in [2.05, 4.69) is 21.6 Å². The molecule has 0 bridgehead atoms. The summed E-state index contributed by atoms with van der Waals surface area (Å²) in [5.41, 5.74) is 0.928. The van der Waals surface area contributed by atoms with E-state index in [0.29, 0.717) is 5.25 Å². The van der Waals surface area contributed by atoms with Crippen molar-refractivity contribution in [1.82, 2.24) is 10.2 Å². The maximum absolute atomic E-state index is 8.96. The molecule has 22 heavy (non-hydrogen) atoms. The Kier molecular flexibility index (Phi) is 4.80. The van der Waals surface area contributed by atoms with Crippen molar-refractivity contribution in [3.05, 3.63) is 24.3 Å². The van der Waals surface area contributed by atoms with Crippen LogP contribution < -0.4 is 10.1 Å². The molecule has 0 aliphatic heterocycles. The van der Waals surface area contributed by atoms with Crippen molar-refractivity contribution in [3.63, 3.8) is 0 Å². The van der Waals surface area contributed by atoms with Gasteiger partial charge >= 0.3 is 0 Å². The van der Waals surface area contributed by atoms with Gasteiger partial charge < -0.3 is 10.1 Å². The zero-order valence-corrected chi connectivity index (χ0v) is 13.8. The molecule has 2 atom stereocenters. The maximum Gasteiger partial charge on any atom is 0.210 e. The summed E-state index contributed by atoms with van der Waals surface area (Å²) in [6, 6.07) is 10.1. The average Bonchev–Trinajstić information content (AvgIpc) is 3.17. The van der Waals surface area contributed by atoms with E-state index in [4.69, 9.17) is 10.00 Å². The second-order valence-electron chi connectivity index (χ2n) is 5.11. The monoisotopic (exact) mass is 332 g/mol. The summed E-state index contributed by atoms with van der Waals surface area (Å²) >= 11 is 3.28. The quantitative estimate of drug-likeness (QED) is 0.890. The first-order chi connectivity index (χ1) is 10.8. The number of nitrogens with zero attached hydrogens (tertiary/aromatic N) is 3. The number of anilines is 2. The van der Waals surface area contributed by atoms with Gasteiger partial charge in [0.1, 0.15) is 5.75 Å². The number of ether oxygens (including phenoxy) is 1. The molecule has 1 heterocycles. The molecule has 0 radical (unpaired) electrons. The molecule has 0 amide bonds. The van der Waals surface area contributed by atoms with Gasteiger partial charge in [-0.3, -0.25) is 0 Å². The van der Waals surface area contributed by atoms with Crippen LogP contribution in [-0.4, -0.2) is 22.6 Å². The lowest BCUT2D eigenvalue weighted by molar-refractivity contribution is 0.415. The van der Waals surface area contributed by atoms with Gasteiger partial charge in [-0.25, -0.2) is 0 Å². The number of methoxy groups -OCH3 is 1. The third-order valence-corrected chi connectivity index (χ3v) is 5.78. The Balaban J connectivity index is 1.60. The van der Waals surface area contributed by atoms with Crippen LogP contribution in [0.5, 0.6) is 5.75 Å². The molecule has 2 aromatic rings. The van der Waals surface area contributed by atoms with Crippen molar-refractivity contribution in [1.29, 1.82) is 5.26 Å². The first kappa shape index (κ1) is 15.1. The van der Waals surface area contributed by atoms with E-state index >= 15 is 0 Å². The Hall–Kier alpha value is -1.78. The Labute approximate surface area is 137 Å². The minimum Gasteiger partial charge on any atom is -0.497 e. The largest absolute Gasteiger partial charge is 0.497 e. The van der Waals surface area contributed by atoms with Crippen LogP contribution >= 0.6 is 23.1 Å². The van der Waals surface area contributed by atoms with Crippen molar-refractivity contribution in [2.45, 2.75) is 28.9 Å². The van der Waals surface area contributed by atoms with E-state index < -0.39 is 0 Å². The molecule has 1 N–H and O–H groups in total. The molecule has 0 saturated heterocycles. The van der Waals surface area contributed by atoms with Crippen molar-refractivity contribution >= 4 is 33.9 Å². The SMILES string of the molecule is COc1cccc(Nc2nnc(S[C@H]3CC[C@H](C#N)C3)s2)c1. The highest BCUT2D eigenvalue weighted by Gasteiger charge is 2.26. The topological polar surface area (TPSA) is 70.8 Å². The second-order valence-corrected chi connectivity index (χ2v) is 7.63. The summed E-state index contributed by atoms with van der Waals surface area (Å²) < 4.78 is 6.16. The molecule has 1 fully saturated rings. The van der Waals surface area contributed by atoms with E-state index in [0.717, 1.165) is 40.2 Å². The summed E-state index contributed by atoms with van der Waals surface area (Å²) in [7, 11) is 1.65. The molecule has 0 spiro atoms. The fraction of sp³-hybridized carbons (Fsp3) is 0.400. The van der Waals surface area contributed by atoms with Crippen LogP contribution in [-0.2, 0) is 0 Å². The van der Waals surface area contributed by atoms with Gasteiger partial charge in [-0.05, 0) is 31.4 Å². The van der Waals surface area contributed by atoms with E-state index in [1.807, 2.05) is 24.3 Å². The normalized spacial score (nSPS) is 20.5. The Morgan fingerprint density at radius 1 is 1.41 bits per heavy atom. The van der Waals surface area contributed by atoms with Crippen LogP contribution in [0.1, 0.15) is 19.3 Å². The highest BCUT2D eigenvalue weighted by molar-refractivity contribution is 8.01. The molecular formula is C15H16N4OS2. The highest BCUT2D eigenvalue weighted by atomic mass is 32.2. The molecule has 1 aromatic heterocycles. The number of nitriles is 1. The molecule has 1 saturated carbocycles. The van der Waals surface area contributed by atoms with Crippen molar-refractivity contribution in [2.24, 2.45) is 5.92 Å². The Bertz CT molecular complexity index is 682. The number of nitrogens with one attached hydrogen (secondary N) is 1. The van der Waals surface area contributed by atoms with Gasteiger partial charge in [0.25, 0.3) is 0 Å². The van der Waals surface area contributed by atoms with Crippen molar-refractivity contribution < 1.29 is 4.74 Å². The standard InChI is InChI=1S/C15H16N4OS2/c1-20-12-4-2-3-11(8-12)17-14-18-19-15(22-14)21-13-6-5-10(7-13)9-16/h2-4,8,10,13H,5-7H2,1H3,(H,17,18)/t10-,13-/m0/s1. The van der Waals surface area contributed by atoms with Crippen LogP contribution in [0, 0.1) is 17.2 Å². The molecule has 5 nitrogen and oxygen atoms in total. The van der Waals surface area contributed by atoms with E-state index in [1.54, 1.807) is 30.2 Å². The number of thioether (sulfide) groups is 1. The minimum absolute atomic E-state index is 0.208. The minimum atomic E-state index is 0.208. The lowest BCUT2D eigenvalue weighted by atomic mass is 10.1. The van der Waals surface area contributed by atoms with Crippen LogP contribution in [0.15, 0.2) is 28.6 Å². The zero-order valence-electron chi connectivity index (χ0n) is 12.2. The summed E-state index contributed by atoms with van der Waals surface area (Å²) in [6.45, 7) is 0. The summed E-state index contributed by atoms with van der Waals surface area (Å²) in [6.07, 6.45) is 3.04. The van der Waals surface area contributed by atoms with Crippen LogP contribution in [0.25, 0.3) is 0 Å². The fourth-order valence-corrected chi connectivity index (χ4v) is 4.73. The van der Waals surface area contributed by atoms with Gasteiger partial charge in [0.05, 0.1) is 13.2 Å². The van der Waals surface area contributed by atoms with Crippen LogP contribution in [0.4, 0.5) is 10.8 Å². The predicted molar refractivity (Wildman–Crippen MR) is 88.8 cm³/mol. The number of hydrogen-bond donors (Lipinski definition) is 1. The second kappa shape index (κ2) is 6.99. The van der Waals surface area contributed by atoms with E-state index in [1.165, 1.54) is 0 Å². The summed E-state index contributed by atoms with van der Waals surface area (Å²) in [4.78, 5) is 0. The van der Waals surface area contributed by atoms with Crippen molar-refractivity contribution in [3.8, 4) is 11.8 Å². The third-order valence-electron chi connectivity index (χ3n) is 3.56. The summed E-state index contributed by atoms with van der Waals surface area (Å²) in [5, 5.41) is 21.9.